The molecule has 1 amide bonds. The number of halogens is 1. The van der Waals surface area contributed by atoms with Crippen LogP contribution in [-0.4, -0.2) is 34.1 Å². The van der Waals surface area contributed by atoms with Gasteiger partial charge in [0.15, 0.2) is 0 Å². The highest BCUT2D eigenvalue weighted by molar-refractivity contribution is 5.85. The Bertz CT molecular complexity index is 491. The molecule has 19 heavy (non-hydrogen) atoms. The number of nitrogens with one attached hydrogen (secondary N) is 1. The van der Waals surface area contributed by atoms with Crippen LogP contribution in [0.15, 0.2) is 0 Å². The van der Waals surface area contributed by atoms with Crippen LogP contribution in [0.3, 0.4) is 0 Å². The van der Waals surface area contributed by atoms with E-state index in [4.69, 9.17) is 0 Å². The highest BCUT2D eigenvalue weighted by atomic mass is 35.5. The van der Waals surface area contributed by atoms with Crippen LogP contribution in [0.1, 0.15) is 48.6 Å². The van der Waals surface area contributed by atoms with E-state index in [1.165, 1.54) is 29.8 Å². The van der Waals surface area contributed by atoms with Crippen molar-refractivity contribution in [2.75, 3.05) is 13.1 Å². The molecular formula is C14H20ClN3O. The Morgan fingerprint density at radius 2 is 1.89 bits per heavy atom. The number of hydrogen-bond donors (Lipinski definition) is 1. The lowest BCUT2D eigenvalue weighted by atomic mass is 10.1. The molecule has 104 valence electrons. The van der Waals surface area contributed by atoms with Gasteiger partial charge in [0.1, 0.15) is 0 Å². The topological polar surface area (TPSA) is 49.0 Å². The Morgan fingerprint density at radius 1 is 1.16 bits per heavy atom. The molecule has 2 saturated carbocycles. The number of carbonyl (C=O) groups excluding carboxylic acids is 1. The normalized spacial score (nSPS) is 22.4. The standard InChI is InChI=1S/C14H19N3O.ClH/c18-14(10-3-4-10)17-7-5-11-12(6-8-17)15-16-13(11)9-1-2-9;/h9-10H,1-8H2,(H,15,16);1H. The summed E-state index contributed by atoms with van der Waals surface area (Å²) in [6.45, 7) is 1.76. The largest absolute Gasteiger partial charge is 0.342 e. The summed E-state index contributed by atoms with van der Waals surface area (Å²) in [7, 11) is 0. The van der Waals surface area contributed by atoms with Crippen molar-refractivity contribution in [3.8, 4) is 0 Å². The van der Waals surface area contributed by atoms with Gasteiger partial charge in [-0.05, 0) is 37.7 Å². The lowest BCUT2D eigenvalue weighted by molar-refractivity contribution is -0.132. The second-order valence-corrected chi connectivity index (χ2v) is 5.94. The average molecular weight is 282 g/mol. The zero-order valence-corrected chi connectivity index (χ0v) is 11.8. The van der Waals surface area contributed by atoms with Crippen molar-refractivity contribution < 1.29 is 4.79 Å². The van der Waals surface area contributed by atoms with Crippen LogP contribution < -0.4 is 0 Å². The van der Waals surface area contributed by atoms with Crippen molar-refractivity contribution >= 4 is 18.3 Å². The number of nitrogens with zero attached hydrogens (tertiary/aromatic N) is 2. The van der Waals surface area contributed by atoms with Crippen molar-refractivity contribution in [1.29, 1.82) is 0 Å². The van der Waals surface area contributed by atoms with Gasteiger partial charge in [0.2, 0.25) is 5.91 Å². The molecule has 0 aromatic carbocycles. The first-order valence-electron chi connectivity index (χ1n) is 7.17. The molecule has 5 heteroatoms. The van der Waals surface area contributed by atoms with E-state index in [0.29, 0.717) is 17.7 Å². The number of carbonyl (C=O) groups is 1. The molecule has 0 spiro atoms. The van der Waals surface area contributed by atoms with Gasteiger partial charge in [-0.1, -0.05) is 0 Å². The molecule has 1 aromatic heterocycles. The minimum Gasteiger partial charge on any atom is -0.342 e. The van der Waals surface area contributed by atoms with E-state index in [1.54, 1.807) is 0 Å². The molecule has 4 nitrogen and oxygen atoms in total. The lowest BCUT2D eigenvalue weighted by Crippen LogP contribution is -2.34. The number of rotatable bonds is 2. The van der Waals surface area contributed by atoms with Crippen molar-refractivity contribution in [1.82, 2.24) is 15.1 Å². The van der Waals surface area contributed by atoms with Gasteiger partial charge in [-0.25, -0.2) is 0 Å². The van der Waals surface area contributed by atoms with Gasteiger partial charge >= 0.3 is 0 Å². The summed E-state index contributed by atoms with van der Waals surface area (Å²) in [6, 6.07) is 0. The number of H-pyrrole nitrogens is 1. The average Bonchev–Trinajstić information content (AvgIpc) is 3.27. The number of hydrogen-bond acceptors (Lipinski definition) is 2. The number of aromatic nitrogens is 2. The maximum absolute atomic E-state index is 12.1. The molecule has 0 bridgehead atoms. The smallest absolute Gasteiger partial charge is 0.225 e. The zero-order valence-electron chi connectivity index (χ0n) is 11.0. The molecule has 1 aromatic rings. The highest BCUT2D eigenvalue weighted by Gasteiger charge is 2.35. The summed E-state index contributed by atoms with van der Waals surface area (Å²) < 4.78 is 0. The lowest BCUT2D eigenvalue weighted by Gasteiger charge is -2.20. The summed E-state index contributed by atoms with van der Waals surface area (Å²) in [5.41, 5.74) is 4.00. The van der Waals surface area contributed by atoms with Gasteiger partial charge in [0.05, 0.1) is 5.69 Å². The third-order valence-corrected chi connectivity index (χ3v) is 4.45. The summed E-state index contributed by atoms with van der Waals surface area (Å²) in [4.78, 5) is 14.2. The van der Waals surface area contributed by atoms with Crippen LogP contribution in [0.5, 0.6) is 0 Å². The SMILES string of the molecule is Cl.O=C(C1CC1)N1CCc2[nH]nc(C3CC3)c2CC1. The van der Waals surface area contributed by atoms with Crippen LogP contribution in [0, 0.1) is 5.92 Å². The summed E-state index contributed by atoms with van der Waals surface area (Å²) in [6.07, 6.45) is 6.75. The predicted octanol–water partition coefficient (Wildman–Crippen LogP) is 2.05. The number of aromatic amines is 1. The molecule has 0 radical (unpaired) electrons. The van der Waals surface area contributed by atoms with Crippen LogP contribution in [0.25, 0.3) is 0 Å². The van der Waals surface area contributed by atoms with Gasteiger partial charge in [-0.3, -0.25) is 9.89 Å². The van der Waals surface area contributed by atoms with E-state index in [0.717, 1.165) is 38.8 Å². The third kappa shape index (κ3) is 2.38. The first-order chi connectivity index (χ1) is 8.83. The van der Waals surface area contributed by atoms with Crippen molar-refractivity contribution in [3.05, 3.63) is 17.0 Å². The molecule has 1 aliphatic heterocycles. The van der Waals surface area contributed by atoms with Crippen molar-refractivity contribution in [2.24, 2.45) is 5.92 Å². The minimum atomic E-state index is 0. The Hall–Kier alpha value is -1.03. The van der Waals surface area contributed by atoms with Crippen molar-refractivity contribution in [3.63, 3.8) is 0 Å². The third-order valence-electron chi connectivity index (χ3n) is 4.45. The van der Waals surface area contributed by atoms with Gasteiger partial charge in [0.25, 0.3) is 0 Å². The molecule has 0 atom stereocenters. The van der Waals surface area contributed by atoms with Gasteiger partial charge in [-0.15, -0.1) is 12.4 Å². The van der Waals surface area contributed by atoms with Gasteiger partial charge in [-0.2, -0.15) is 5.10 Å². The van der Waals surface area contributed by atoms with E-state index in [9.17, 15) is 4.79 Å². The molecule has 3 aliphatic rings. The molecule has 4 rings (SSSR count). The Labute approximate surface area is 119 Å². The highest BCUT2D eigenvalue weighted by Crippen LogP contribution is 2.42. The summed E-state index contributed by atoms with van der Waals surface area (Å²) in [5, 5.41) is 7.69. The number of amides is 1. The first-order valence-corrected chi connectivity index (χ1v) is 7.17. The minimum absolute atomic E-state index is 0. The maximum atomic E-state index is 12.1. The Kier molecular flexibility index (Phi) is 3.29. The van der Waals surface area contributed by atoms with E-state index in [2.05, 4.69) is 15.1 Å². The fourth-order valence-electron chi connectivity index (χ4n) is 3.01. The summed E-state index contributed by atoms with van der Waals surface area (Å²) in [5.74, 6) is 1.44. The maximum Gasteiger partial charge on any atom is 0.225 e. The molecule has 2 fully saturated rings. The fraction of sp³-hybridized carbons (Fsp3) is 0.714. The Balaban J connectivity index is 0.00000110. The van der Waals surface area contributed by atoms with E-state index < -0.39 is 0 Å². The van der Waals surface area contributed by atoms with Gasteiger partial charge < -0.3 is 4.90 Å². The second-order valence-electron chi connectivity index (χ2n) is 5.94. The van der Waals surface area contributed by atoms with E-state index in [1.807, 2.05) is 0 Å². The molecule has 1 N–H and O–H groups in total. The molecule has 0 unspecified atom stereocenters. The van der Waals surface area contributed by atoms with E-state index >= 15 is 0 Å². The fourth-order valence-corrected chi connectivity index (χ4v) is 3.01. The van der Waals surface area contributed by atoms with E-state index in [-0.39, 0.29) is 12.4 Å². The predicted molar refractivity (Wildman–Crippen MR) is 74.5 cm³/mol. The zero-order chi connectivity index (χ0) is 12.1. The molecular weight excluding hydrogens is 262 g/mol. The second kappa shape index (κ2) is 4.82. The van der Waals surface area contributed by atoms with Crippen LogP contribution >= 0.6 is 12.4 Å². The monoisotopic (exact) mass is 281 g/mol. The molecule has 0 saturated heterocycles. The number of fused-ring (bicyclic) bond motifs is 1. The first kappa shape index (κ1) is 13.0. The Morgan fingerprint density at radius 3 is 2.58 bits per heavy atom. The van der Waals surface area contributed by atoms with Crippen LogP contribution in [-0.2, 0) is 17.6 Å². The quantitative estimate of drug-likeness (QED) is 0.902. The van der Waals surface area contributed by atoms with Crippen molar-refractivity contribution in [2.45, 2.75) is 44.4 Å². The molecule has 2 heterocycles. The summed E-state index contributed by atoms with van der Waals surface area (Å²) >= 11 is 0. The van der Waals surface area contributed by atoms with Crippen LogP contribution in [0.2, 0.25) is 0 Å². The van der Waals surface area contributed by atoms with Gasteiger partial charge in [0, 0.05) is 37.0 Å². The van der Waals surface area contributed by atoms with Crippen LogP contribution in [0.4, 0.5) is 0 Å². The molecule has 2 aliphatic carbocycles.